The molecule has 1 amide bonds. The summed E-state index contributed by atoms with van der Waals surface area (Å²) in [6.45, 7) is 2.00. The Morgan fingerprint density at radius 3 is 2.74 bits per heavy atom. The first-order valence-electron chi connectivity index (χ1n) is 6.26. The normalized spacial score (nSPS) is 21.3. The Balaban J connectivity index is 1.81. The molecule has 0 aliphatic carbocycles. The maximum Gasteiger partial charge on any atom is 0.286 e. The number of rotatable bonds is 1. The third-order valence-electron chi connectivity index (χ3n) is 3.18. The van der Waals surface area contributed by atoms with Gasteiger partial charge in [0.05, 0.1) is 4.91 Å². The van der Waals surface area contributed by atoms with Crippen LogP contribution in [0.2, 0.25) is 5.02 Å². The number of likely N-dealkylation sites (tertiary alicyclic amines) is 1. The first kappa shape index (κ1) is 12.8. The summed E-state index contributed by atoms with van der Waals surface area (Å²) in [6, 6.07) is 7.50. The zero-order chi connectivity index (χ0) is 13.2. The largest absolute Gasteiger partial charge is 0.351 e. The van der Waals surface area contributed by atoms with Gasteiger partial charge < -0.3 is 4.90 Å². The van der Waals surface area contributed by atoms with Crippen molar-refractivity contribution in [2.75, 3.05) is 13.1 Å². The lowest BCUT2D eigenvalue weighted by atomic mass is 10.2. The van der Waals surface area contributed by atoms with Gasteiger partial charge in [0.15, 0.2) is 5.17 Å². The minimum atomic E-state index is -0.160. The lowest BCUT2D eigenvalue weighted by Crippen LogP contribution is -2.23. The molecule has 1 aromatic rings. The number of hydrogen-bond donors (Lipinski definition) is 0. The number of amidine groups is 1. The van der Waals surface area contributed by atoms with E-state index in [2.05, 4.69) is 9.89 Å². The third kappa shape index (κ3) is 2.69. The number of hydrogen-bond acceptors (Lipinski definition) is 3. The zero-order valence-corrected chi connectivity index (χ0v) is 11.9. The first-order chi connectivity index (χ1) is 9.24. The van der Waals surface area contributed by atoms with Gasteiger partial charge in [-0.3, -0.25) is 4.79 Å². The quantitative estimate of drug-likeness (QED) is 0.744. The van der Waals surface area contributed by atoms with Crippen LogP contribution in [0.25, 0.3) is 6.08 Å². The Bertz CT molecular complexity index is 577. The fraction of sp³-hybridized carbons (Fsp3) is 0.286. The van der Waals surface area contributed by atoms with Crippen LogP contribution < -0.4 is 0 Å². The Labute approximate surface area is 121 Å². The average molecular weight is 293 g/mol. The summed E-state index contributed by atoms with van der Waals surface area (Å²) in [6.07, 6.45) is 4.18. The second-order valence-corrected chi connectivity index (χ2v) is 5.94. The van der Waals surface area contributed by atoms with Gasteiger partial charge in [-0.05, 0) is 42.3 Å². The minimum Gasteiger partial charge on any atom is -0.351 e. The molecule has 0 atom stereocenters. The van der Waals surface area contributed by atoms with Crippen molar-refractivity contribution in [2.24, 2.45) is 4.99 Å². The van der Waals surface area contributed by atoms with Crippen LogP contribution in [0.5, 0.6) is 0 Å². The van der Waals surface area contributed by atoms with Crippen LogP contribution in [0.3, 0.4) is 0 Å². The van der Waals surface area contributed by atoms with Crippen molar-refractivity contribution < 1.29 is 4.79 Å². The maximum atomic E-state index is 11.9. The molecule has 2 aliphatic rings. The number of halogens is 1. The molecule has 0 radical (unpaired) electrons. The molecule has 0 N–H and O–H groups in total. The monoisotopic (exact) mass is 292 g/mol. The number of carbonyl (C=O) groups is 1. The standard InChI is InChI=1S/C14H13ClN2OS/c15-11-6-2-1-5-10(11)9-12-13(18)16-14(19-12)17-7-3-4-8-17/h1-2,5-6,9H,3-4,7-8H2. The van der Waals surface area contributed by atoms with Gasteiger partial charge in [-0.15, -0.1) is 0 Å². The summed E-state index contributed by atoms with van der Waals surface area (Å²) in [5, 5.41) is 1.49. The highest BCUT2D eigenvalue weighted by Gasteiger charge is 2.27. The van der Waals surface area contributed by atoms with E-state index in [0.29, 0.717) is 9.93 Å². The van der Waals surface area contributed by atoms with Crippen molar-refractivity contribution in [3.8, 4) is 0 Å². The van der Waals surface area contributed by atoms with Gasteiger partial charge in [0.2, 0.25) is 0 Å². The Kier molecular flexibility index (Phi) is 3.62. The highest BCUT2D eigenvalue weighted by Crippen LogP contribution is 2.32. The molecule has 19 heavy (non-hydrogen) atoms. The lowest BCUT2D eigenvalue weighted by Gasteiger charge is -2.14. The first-order valence-corrected chi connectivity index (χ1v) is 7.45. The topological polar surface area (TPSA) is 32.7 Å². The van der Waals surface area contributed by atoms with Crippen LogP contribution in [0.4, 0.5) is 0 Å². The number of carbonyl (C=O) groups excluding carboxylic acids is 1. The van der Waals surface area contributed by atoms with Crippen molar-refractivity contribution >= 4 is 40.5 Å². The molecule has 5 heteroatoms. The van der Waals surface area contributed by atoms with Gasteiger partial charge in [-0.2, -0.15) is 4.99 Å². The van der Waals surface area contributed by atoms with Crippen LogP contribution >= 0.6 is 23.4 Å². The van der Waals surface area contributed by atoms with E-state index in [4.69, 9.17) is 11.6 Å². The smallest absolute Gasteiger partial charge is 0.286 e. The Hall–Kier alpha value is -1.26. The molecule has 0 bridgehead atoms. The van der Waals surface area contributed by atoms with E-state index in [0.717, 1.165) is 23.8 Å². The van der Waals surface area contributed by atoms with Crippen molar-refractivity contribution in [2.45, 2.75) is 12.8 Å². The summed E-state index contributed by atoms with van der Waals surface area (Å²) in [7, 11) is 0. The van der Waals surface area contributed by atoms with Gasteiger partial charge in [0, 0.05) is 18.1 Å². The van der Waals surface area contributed by atoms with E-state index in [9.17, 15) is 4.79 Å². The summed E-state index contributed by atoms with van der Waals surface area (Å²) in [5.74, 6) is -0.160. The second-order valence-electron chi connectivity index (χ2n) is 4.53. The molecule has 1 fully saturated rings. The van der Waals surface area contributed by atoms with E-state index in [1.54, 1.807) is 0 Å². The van der Waals surface area contributed by atoms with Crippen LogP contribution in [0.1, 0.15) is 18.4 Å². The highest BCUT2D eigenvalue weighted by molar-refractivity contribution is 8.18. The number of amides is 1. The summed E-state index contributed by atoms with van der Waals surface area (Å²) in [4.78, 5) is 18.9. The predicted octanol–water partition coefficient (Wildman–Crippen LogP) is 3.41. The molecule has 98 valence electrons. The third-order valence-corrected chi connectivity index (χ3v) is 4.57. The lowest BCUT2D eigenvalue weighted by molar-refractivity contribution is -0.113. The molecular weight excluding hydrogens is 280 g/mol. The number of aliphatic imine (C=N–C) groups is 1. The van der Waals surface area contributed by atoms with Crippen molar-refractivity contribution in [3.63, 3.8) is 0 Å². The van der Waals surface area contributed by atoms with Gasteiger partial charge in [0.25, 0.3) is 5.91 Å². The molecule has 2 heterocycles. The van der Waals surface area contributed by atoms with Crippen molar-refractivity contribution in [3.05, 3.63) is 39.8 Å². The molecule has 0 aromatic heterocycles. The number of nitrogens with zero attached hydrogens (tertiary/aromatic N) is 2. The Morgan fingerprint density at radius 1 is 1.26 bits per heavy atom. The molecule has 2 aliphatic heterocycles. The van der Waals surface area contributed by atoms with Crippen LogP contribution in [0.15, 0.2) is 34.2 Å². The minimum absolute atomic E-state index is 0.160. The van der Waals surface area contributed by atoms with Gasteiger partial charge in [0.1, 0.15) is 0 Å². The van der Waals surface area contributed by atoms with Crippen molar-refractivity contribution in [1.82, 2.24) is 4.90 Å². The van der Waals surface area contributed by atoms with Crippen LogP contribution in [-0.4, -0.2) is 29.1 Å². The van der Waals surface area contributed by atoms with Crippen LogP contribution in [-0.2, 0) is 4.79 Å². The molecule has 0 spiro atoms. The molecular formula is C14H13ClN2OS. The SMILES string of the molecule is O=C1N=C(N2CCCC2)SC1=Cc1ccccc1Cl. The molecule has 3 rings (SSSR count). The second kappa shape index (κ2) is 5.39. The maximum absolute atomic E-state index is 11.9. The van der Waals surface area contributed by atoms with Gasteiger partial charge in [-0.1, -0.05) is 29.8 Å². The van der Waals surface area contributed by atoms with Crippen LogP contribution in [0, 0.1) is 0 Å². The number of thioether (sulfide) groups is 1. The highest BCUT2D eigenvalue weighted by atomic mass is 35.5. The molecule has 1 saturated heterocycles. The predicted molar refractivity (Wildman–Crippen MR) is 80.3 cm³/mol. The molecule has 1 aromatic carbocycles. The van der Waals surface area contributed by atoms with E-state index in [-0.39, 0.29) is 5.91 Å². The fourth-order valence-electron chi connectivity index (χ4n) is 2.18. The van der Waals surface area contributed by atoms with Gasteiger partial charge >= 0.3 is 0 Å². The van der Waals surface area contributed by atoms with Gasteiger partial charge in [-0.25, -0.2) is 0 Å². The van der Waals surface area contributed by atoms with E-state index < -0.39 is 0 Å². The average Bonchev–Trinajstić information content (AvgIpc) is 3.02. The molecule has 0 unspecified atom stereocenters. The zero-order valence-electron chi connectivity index (χ0n) is 10.3. The molecule has 0 saturated carbocycles. The molecule has 3 nitrogen and oxygen atoms in total. The fourth-order valence-corrected chi connectivity index (χ4v) is 3.32. The summed E-state index contributed by atoms with van der Waals surface area (Å²) in [5.41, 5.74) is 0.859. The van der Waals surface area contributed by atoms with E-state index in [1.807, 2.05) is 30.3 Å². The van der Waals surface area contributed by atoms with E-state index in [1.165, 1.54) is 24.6 Å². The summed E-state index contributed by atoms with van der Waals surface area (Å²) < 4.78 is 0. The Morgan fingerprint density at radius 2 is 2.00 bits per heavy atom. The van der Waals surface area contributed by atoms with E-state index >= 15 is 0 Å². The summed E-state index contributed by atoms with van der Waals surface area (Å²) >= 11 is 7.55. The van der Waals surface area contributed by atoms with Crippen molar-refractivity contribution in [1.29, 1.82) is 0 Å². The number of benzene rings is 1.